The molecule has 1 aromatic carbocycles. The summed E-state index contributed by atoms with van der Waals surface area (Å²) in [6.45, 7) is 0. The van der Waals surface area contributed by atoms with E-state index < -0.39 is 0 Å². The Kier molecular flexibility index (Phi) is 2.68. The number of carbonyl (C=O) groups is 1. The highest BCUT2D eigenvalue weighted by molar-refractivity contribution is 5.99. The molecule has 2 heterocycles. The van der Waals surface area contributed by atoms with Crippen LogP contribution in [0.2, 0.25) is 0 Å². The minimum Gasteiger partial charge on any atom is -0.306 e. The third-order valence-electron chi connectivity index (χ3n) is 2.81. The Balaban J connectivity index is 1.91. The predicted octanol–water partition coefficient (Wildman–Crippen LogP) is 1.07. The Morgan fingerprint density at radius 3 is 2.79 bits per heavy atom. The Bertz CT molecular complexity index is 789. The number of nitrogens with zero attached hydrogens (tertiary/aromatic N) is 2. The van der Waals surface area contributed by atoms with Crippen molar-refractivity contribution in [3.05, 3.63) is 58.3 Å². The first-order valence-electron chi connectivity index (χ1n) is 5.74. The molecule has 0 amide bonds. The number of ketones is 1. The summed E-state index contributed by atoms with van der Waals surface area (Å²) < 4.78 is 0. The minimum absolute atomic E-state index is 0.0653. The van der Waals surface area contributed by atoms with Crippen molar-refractivity contribution in [3.63, 3.8) is 0 Å². The van der Waals surface area contributed by atoms with Crippen LogP contribution in [0.25, 0.3) is 11.0 Å². The third-order valence-corrected chi connectivity index (χ3v) is 2.81. The number of Topliss-reactive ketones (excluding diaryl/α,β-unsaturated/α-hetero) is 1. The smallest absolute Gasteiger partial charge is 0.306 e. The fraction of sp³-hybridized carbons (Fsp3) is 0.0769. The first kappa shape index (κ1) is 11.3. The maximum absolute atomic E-state index is 12.1. The quantitative estimate of drug-likeness (QED) is 0.684. The summed E-state index contributed by atoms with van der Waals surface area (Å²) in [5.74, 6) is -0.0653. The summed E-state index contributed by atoms with van der Waals surface area (Å²) in [4.78, 5) is 28.5. The van der Waals surface area contributed by atoms with Gasteiger partial charge in [-0.05, 0) is 30.3 Å². The molecule has 0 spiro atoms. The summed E-state index contributed by atoms with van der Waals surface area (Å²) in [6.07, 6.45) is 1.75. The van der Waals surface area contributed by atoms with Gasteiger partial charge in [-0.1, -0.05) is 0 Å². The number of carbonyl (C=O) groups excluding carboxylic acids is 1. The van der Waals surface area contributed by atoms with Crippen LogP contribution in [-0.2, 0) is 6.42 Å². The van der Waals surface area contributed by atoms with E-state index in [-0.39, 0.29) is 17.9 Å². The molecular weight excluding hydrogens is 244 g/mol. The number of benzene rings is 1. The lowest BCUT2D eigenvalue weighted by molar-refractivity contribution is 0.0992. The molecule has 0 atom stereocenters. The number of imidazole rings is 1. The molecule has 0 saturated heterocycles. The van der Waals surface area contributed by atoms with Gasteiger partial charge in [0.25, 0.3) is 0 Å². The number of nitrogens with one attached hydrogen (secondary N) is 2. The van der Waals surface area contributed by atoms with Crippen LogP contribution in [0, 0.1) is 0 Å². The maximum atomic E-state index is 12.1. The number of aromatic amines is 2. The second-order valence-electron chi connectivity index (χ2n) is 4.15. The van der Waals surface area contributed by atoms with Gasteiger partial charge < -0.3 is 9.97 Å². The van der Waals surface area contributed by atoms with Gasteiger partial charge in [-0.2, -0.15) is 10.2 Å². The third kappa shape index (κ3) is 2.28. The first-order valence-corrected chi connectivity index (χ1v) is 5.74. The molecule has 0 saturated carbocycles. The maximum Gasteiger partial charge on any atom is 0.323 e. The number of hydrogen-bond acceptors (Lipinski definition) is 4. The Morgan fingerprint density at radius 2 is 2.00 bits per heavy atom. The van der Waals surface area contributed by atoms with Crippen molar-refractivity contribution in [1.82, 2.24) is 20.2 Å². The molecule has 0 unspecified atom stereocenters. The van der Waals surface area contributed by atoms with Gasteiger partial charge in [0.05, 0.1) is 23.1 Å². The molecule has 3 aromatic rings. The second-order valence-corrected chi connectivity index (χ2v) is 4.15. The molecule has 6 nitrogen and oxygen atoms in total. The minimum atomic E-state index is -0.284. The van der Waals surface area contributed by atoms with Crippen LogP contribution in [0.1, 0.15) is 16.1 Å². The van der Waals surface area contributed by atoms with Crippen molar-refractivity contribution >= 4 is 16.8 Å². The van der Waals surface area contributed by atoms with E-state index in [9.17, 15) is 9.59 Å². The molecule has 2 N–H and O–H groups in total. The highest BCUT2D eigenvalue weighted by Gasteiger charge is 2.09. The van der Waals surface area contributed by atoms with Crippen LogP contribution < -0.4 is 5.69 Å². The molecular formula is C13H10N4O2. The lowest BCUT2D eigenvalue weighted by atomic mass is 10.1. The zero-order chi connectivity index (χ0) is 13.2. The van der Waals surface area contributed by atoms with Crippen molar-refractivity contribution in [2.45, 2.75) is 6.42 Å². The molecule has 0 bridgehead atoms. The normalized spacial score (nSPS) is 10.7. The number of H-pyrrole nitrogens is 2. The van der Waals surface area contributed by atoms with E-state index in [0.717, 1.165) is 0 Å². The zero-order valence-electron chi connectivity index (χ0n) is 9.88. The molecule has 3 rings (SSSR count). The monoisotopic (exact) mass is 254 g/mol. The van der Waals surface area contributed by atoms with Gasteiger partial charge in [0.1, 0.15) is 0 Å². The average molecular weight is 254 g/mol. The van der Waals surface area contributed by atoms with Crippen molar-refractivity contribution in [3.8, 4) is 0 Å². The summed E-state index contributed by atoms with van der Waals surface area (Å²) in [5.41, 5.74) is 2.17. The van der Waals surface area contributed by atoms with Gasteiger partial charge in [-0.25, -0.2) is 4.79 Å². The van der Waals surface area contributed by atoms with Crippen molar-refractivity contribution < 1.29 is 4.79 Å². The second kappa shape index (κ2) is 4.49. The predicted molar refractivity (Wildman–Crippen MR) is 69.0 cm³/mol. The summed E-state index contributed by atoms with van der Waals surface area (Å²) in [7, 11) is 0. The lowest BCUT2D eigenvalue weighted by Crippen LogP contribution is -2.05. The summed E-state index contributed by atoms with van der Waals surface area (Å²) in [6, 6.07) is 8.54. The van der Waals surface area contributed by atoms with Crippen LogP contribution in [0.5, 0.6) is 0 Å². The molecule has 19 heavy (non-hydrogen) atoms. The SMILES string of the molecule is O=C(Cc1cccnn1)c1ccc2[nH]c(=O)[nH]c2c1. The van der Waals surface area contributed by atoms with E-state index in [1.54, 1.807) is 36.5 Å². The van der Waals surface area contributed by atoms with E-state index >= 15 is 0 Å². The lowest BCUT2D eigenvalue weighted by Gasteiger charge is -2.00. The fourth-order valence-electron chi connectivity index (χ4n) is 1.90. The van der Waals surface area contributed by atoms with Gasteiger partial charge in [-0.15, -0.1) is 0 Å². The zero-order valence-corrected chi connectivity index (χ0v) is 9.88. The van der Waals surface area contributed by atoms with E-state index in [1.807, 2.05) is 0 Å². The highest BCUT2D eigenvalue weighted by Crippen LogP contribution is 2.12. The standard InChI is InChI=1S/C13H10N4O2/c18-12(7-9-2-1-5-14-17-9)8-3-4-10-11(6-8)16-13(19)15-10/h1-6H,7H2,(H2,15,16,19). The van der Waals surface area contributed by atoms with Crippen molar-refractivity contribution in [2.24, 2.45) is 0 Å². The number of rotatable bonds is 3. The number of aromatic nitrogens is 4. The Morgan fingerprint density at radius 1 is 1.16 bits per heavy atom. The molecule has 0 aliphatic rings. The van der Waals surface area contributed by atoms with Crippen LogP contribution in [-0.4, -0.2) is 25.9 Å². The fourth-order valence-corrected chi connectivity index (χ4v) is 1.90. The van der Waals surface area contributed by atoms with Gasteiger partial charge in [-0.3, -0.25) is 4.79 Å². The molecule has 0 aliphatic heterocycles. The average Bonchev–Trinajstić information content (AvgIpc) is 2.78. The van der Waals surface area contributed by atoms with Gasteiger partial charge in [0.15, 0.2) is 5.78 Å². The molecule has 0 fully saturated rings. The van der Waals surface area contributed by atoms with Crippen molar-refractivity contribution in [2.75, 3.05) is 0 Å². The van der Waals surface area contributed by atoms with E-state index in [2.05, 4.69) is 20.2 Å². The molecule has 0 aliphatic carbocycles. The van der Waals surface area contributed by atoms with E-state index in [4.69, 9.17) is 0 Å². The largest absolute Gasteiger partial charge is 0.323 e. The van der Waals surface area contributed by atoms with Crippen molar-refractivity contribution in [1.29, 1.82) is 0 Å². The summed E-state index contributed by atoms with van der Waals surface area (Å²) >= 11 is 0. The number of hydrogen-bond donors (Lipinski definition) is 2. The first-order chi connectivity index (χ1) is 9.22. The van der Waals surface area contributed by atoms with Gasteiger partial charge in [0.2, 0.25) is 0 Å². The topological polar surface area (TPSA) is 91.5 Å². The number of fused-ring (bicyclic) bond motifs is 1. The highest BCUT2D eigenvalue weighted by atomic mass is 16.1. The molecule has 94 valence electrons. The van der Waals surface area contributed by atoms with Crippen LogP contribution in [0.15, 0.2) is 41.3 Å². The van der Waals surface area contributed by atoms with E-state index in [1.165, 1.54) is 0 Å². The van der Waals surface area contributed by atoms with Crippen LogP contribution in [0.4, 0.5) is 0 Å². The molecule has 6 heteroatoms. The van der Waals surface area contributed by atoms with Crippen LogP contribution in [0.3, 0.4) is 0 Å². The Hall–Kier alpha value is -2.76. The van der Waals surface area contributed by atoms with E-state index in [0.29, 0.717) is 22.3 Å². The van der Waals surface area contributed by atoms with Gasteiger partial charge >= 0.3 is 5.69 Å². The summed E-state index contributed by atoms with van der Waals surface area (Å²) in [5, 5.41) is 7.61. The van der Waals surface area contributed by atoms with Gasteiger partial charge in [0, 0.05) is 11.8 Å². The molecule has 0 radical (unpaired) electrons. The van der Waals surface area contributed by atoms with Crippen LogP contribution >= 0.6 is 0 Å². The Labute approximate surface area is 107 Å². The molecule has 2 aromatic heterocycles.